The molecule has 1 atom stereocenters. The maximum Gasteiger partial charge on any atom is 0.322 e. The second-order valence-electron chi connectivity index (χ2n) is 5.62. The van der Waals surface area contributed by atoms with Crippen molar-refractivity contribution in [1.29, 1.82) is 0 Å². The first-order chi connectivity index (χ1) is 11.4. The number of urea groups is 1. The van der Waals surface area contributed by atoms with E-state index >= 15 is 0 Å². The van der Waals surface area contributed by atoms with Gasteiger partial charge in [0.05, 0.1) is 28.8 Å². The number of rotatable bonds is 4. The fourth-order valence-electron chi connectivity index (χ4n) is 2.97. The molecule has 0 fully saturated rings. The normalized spacial score (nSPS) is 20.1. The van der Waals surface area contributed by atoms with Crippen LogP contribution in [0.1, 0.15) is 11.6 Å². The summed E-state index contributed by atoms with van der Waals surface area (Å²) in [4.78, 5) is 38.2. The fraction of sp³-hybridized carbons (Fsp3) is 0.250. The maximum absolute atomic E-state index is 12.7. The first-order valence-corrected chi connectivity index (χ1v) is 7.35. The van der Waals surface area contributed by atoms with Gasteiger partial charge in [-0.3, -0.25) is 19.8 Å². The zero-order valence-corrected chi connectivity index (χ0v) is 13.1. The third-order valence-electron chi connectivity index (χ3n) is 4.22. The molecule has 3 rings (SSSR count). The van der Waals surface area contributed by atoms with E-state index in [1.165, 1.54) is 17.0 Å². The van der Waals surface area contributed by atoms with Gasteiger partial charge in [-0.05, 0) is 17.7 Å². The van der Waals surface area contributed by atoms with Gasteiger partial charge in [0.1, 0.15) is 0 Å². The number of nitrogens with zero attached hydrogens (tertiary/aromatic N) is 3. The molecule has 8 heteroatoms. The van der Waals surface area contributed by atoms with E-state index in [2.05, 4.69) is 11.9 Å². The second-order valence-corrected chi connectivity index (χ2v) is 5.62. The Bertz CT molecular complexity index is 769. The number of non-ortho nitro benzene ring substituents is 1. The lowest BCUT2D eigenvalue weighted by molar-refractivity contribution is -0.384. The van der Waals surface area contributed by atoms with Crippen LogP contribution in [-0.4, -0.2) is 46.8 Å². The SMILES string of the molecule is C=CCN1CC2=C(C1=O)[C@H](c1ccc([N+](=O)[O-])cc1)NC(=O)N2C. The minimum atomic E-state index is -0.619. The zero-order valence-electron chi connectivity index (χ0n) is 13.1. The van der Waals surface area contributed by atoms with Crippen LogP contribution in [-0.2, 0) is 4.79 Å². The van der Waals surface area contributed by atoms with Crippen LogP contribution in [0.2, 0.25) is 0 Å². The molecule has 0 spiro atoms. The van der Waals surface area contributed by atoms with Gasteiger partial charge in [0.2, 0.25) is 0 Å². The first-order valence-electron chi connectivity index (χ1n) is 7.35. The molecule has 124 valence electrons. The van der Waals surface area contributed by atoms with E-state index in [0.717, 1.165) is 0 Å². The molecular weight excluding hydrogens is 312 g/mol. The Morgan fingerprint density at radius 3 is 2.62 bits per heavy atom. The lowest BCUT2D eigenvalue weighted by atomic mass is 9.95. The van der Waals surface area contributed by atoms with Crippen LogP contribution in [0.3, 0.4) is 0 Å². The van der Waals surface area contributed by atoms with Crippen LogP contribution in [0.15, 0.2) is 48.2 Å². The number of nitrogens with one attached hydrogen (secondary N) is 1. The lowest BCUT2D eigenvalue weighted by Gasteiger charge is -2.31. The highest BCUT2D eigenvalue weighted by Crippen LogP contribution is 2.35. The molecule has 3 amide bonds. The molecule has 0 radical (unpaired) electrons. The Kier molecular flexibility index (Phi) is 3.80. The quantitative estimate of drug-likeness (QED) is 0.515. The number of carbonyl (C=O) groups excluding carboxylic acids is 2. The minimum absolute atomic E-state index is 0.0433. The van der Waals surface area contributed by atoms with Crippen molar-refractivity contribution in [1.82, 2.24) is 15.1 Å². The van der Waals surface area contributed by atoms with Crippen molar-refractivity contribution in [3.8, 4) is 0 Å². The van der Waals surface area contributed by atoms with Crippen LogP contribution in [0.25, 0.3) is 0 Å². The topological polar surface area (TPSA) is 95.8 Å². The van der Waals surface area contributed by atoms with Crippen molar-refractivity contribution in [2.24, 2.45) is 0 Å². The number of nitro groups is 1. The monoisotopic (exact) mass is 328 g/mol. The fourth-order valence-corrected chi connectivity index (χ4v) is 2.97. The van der Waals surface area contributed by atoms with Gasteiger partial charge in [-0.2, -0.15) is 0 Å². The lowest BCUT2D eigenvalue weighted by Crippen LogP contribution is -2.45. The highest BCUT2D eigenvalue weighted by molar-refractivity contribution is 6.01. The van der Waals surface area contributed by atoms with Crippen molar-refractivity contribution in [2.45, 2.75) is 6.04 Å². The van der Waals surface area contributed by atoms with E-state index < -0.39 is 11.0 Å². The number of carbonyl (C=O) groups is 2. The van der Waals surface area contributed by atoms with E-state index in [4.69, 9.17) is 0 Å². The average Bonchev–Trinajstić information content (AvgIpc) is 2.89. The van der Waals surface area contributed by atoms with Crippen molar-refractivity contribution in [2.75, 3.05) is 20.1 Å². The van der Waals surface area contributed by atoms with Crippen LogP contribution in [0.5, 0.6) is 0 Å². The molecule has 0 bridgehead atoms. The predicted molar refractivity (Wildman–Crippen MR) is 85.9 cm³/mol. The molecule has 2 heterocycles. The maximum atomic E-state index is 12.7. The number of hydrogen-bond acceptors (Lipinski definition) is 4. The van der Waals surface area contributed by atoms with Crippen molar-refractivity contribution < 1.29 is 14.5 Å². The molecule has 1 aromatic carbocycles. The summed E-state index contributed by atoms with van der Waals surface area (Å²) in [5, 5.41) is 13.6. The summed E-state index contributed by atoms with van der Waals surface area (Å²) in [6, 6.07) is 4.91. The summed E-state index contributed by atoms with van der Waals surface area (Å²) in [6.07, 6.45) is 1.63. The molecule has 24 heavy (non-hydrogen) atoms. The summed E-state index contributed by atoms with van der Waals surface area (Å²) in [7, 11) is 1.61. The van der Waals surface area contributed by atoms with E-state index in [-0.39, 0.29) is 17.6 Å². The number of amides is 3. The molecular formula is C16H16N4O4. The Balaban J connectivity index is 2.00. The highest BCUT2D eigenvalue weighted by Gasteiger charge is 2.42. The molecule has 1 aromatic rings. The van der Waals surface area contributed by atoms with Crippen molar-refractivity contribution in [3.63, 3.8) is 0 Å². The number of nitro benzene ring substituents is 1. The summed E-state index contributed by atoms with van der Waals surface area (Å²) in [5.74, 6) is -0.167. The zero-order chi connectivity index (χ0) is 17.4. The minimum Gasteiger partial charge on any atom is -0.329 e. The Morgan fingerprint density at radius 2 is 2.04 bits per heavy atom. The second kappa shape index (κ2) is 5.80. The molecule has 0 saturated carbocycles. The van der Waals surface area contributed by atoms with Gasteiger partial charge in [0, 0.05) is 25.7 Å². The predicted octanol–water partition coefficient (Wildman–Crippen LogP) is 1.57. The van der Waals surface area contributed by atoms with Gasteiger partial charge in [0.25, 0.3) is 11.6 Å². The molecule has 2 aliphatic rings. The van der Waals surface area contributed by atoms with Gasteiger partial charge in [-0.25, -0.2) is 4.79 Å². The Hall–Kier alpha value is -3.16. The third kappa shape index (κ3) is 2.41. The number of likely N-dealkylation sites (N-methyl/N-ethyl adjacent to an activating group) is 1. The van der Waals surface area contributed by atoms with E-state index in [1.54, 1.807) is 30.2 Å². The number of hydrogen-bond donors (Lipinski definition) is 1. The molecule has 2 aliphatic heterocycles. The highest BCUT2D eigenvalue weighted by atomic mass is 16.6. The van der Waals surface area contributed by atoms with Crippen LogP contribution < -0.4 is 5.32 Å². The van der Waals surface area contributed by atoms with E-state index in [9.17, 15) is 19.7 Å². The summed E-state index contributed by atoms with van der Waals surface area (Å²) >= 11 is 0. The van der Waals surface area contributed by atoms with Crippen LogP contribution >= 0.6 is 0 Å². The summed E-state index contributed by atoms with van der Waals surface area (Å²) in [5.41, 5.74) is 1.73. The smallest absolute Gasteiger partial charge is 0.322 e. The van der Waals surface area contributed by atoms with E-state index in [0.29, 0.717) is 29.9 Å². The molecule has 0 aliphatic carbocycles. The van der Waals surface area contributed by atoms with Gasteiger partial charge in [-0.15, -0.1) is 6.58 Å². The van der Waals surface area contributed by atoms with Gasteiger partial charge >= 0.3 is 6.03 Å². The largest absolute Gasteiger partial charge is 0.329 e. The first kappa shape index (κ1) is 15.7. The van der Waals surface area contributed by atoms with Crippen molar-refractivity contribution >= 4 is 17.6 Å². The van der Waals surface area contributed by atoms with Crippen molar-refractivity contribution in [3.05, 3.63) is 63.9 Å². The Morgan fingerprint density at radius 1 is 1.38 bits per heavy atom. The van der Waals surface area contributed by atoms with Gasteiger partial charge in [-0.1, -0.05) is 6.08 Å². The van der Waals surface area contributed by atoms with Crippen LogP contribution in [0, 0.1) is 10.1 Å². The third-order valence-corrected chi connectivity index (χ3v) is 4.22. The van der Waals surface area contributed by atoms with E-state index in [1.807, 2.05) is 0 Å². The van der Waals surface area contributed by atoms with Gasteiger partial charge in [0.15, 0.2) is 0 Å². The standard InChI is InChI=1S/C16H16N4O4/c1-3-8-19-9-12-13(15(19)21)14(17-16(22)18(12)2)10-4-6-11(7-5-10)20(23)24/h3-7,14H,1,8-9H2,2H3,(H,17,22)/t14-/m0/s1. The number of benzene rings is 1. The molecule has 1 N–H and O–H groups in total. The Labute approximate surface area is 138 Å². The molecule has 0 saturated heterocycles. The molecule has 0 unspecified atom stereocenters. The van der Waals surface area contributed by atoms with Crippen LogP contribution in [0.4, 0.5) is 10.5 Å². The molecule has 8 nitrogen and oxygen atoms in total. The summed E-state index contributed by atoms with van der Waals surface area (Å²) < 4.78 is 0. The van der Waals surface area contributed by atoms with Gasteiger partial charge < -0.3 is 10.2 Å². The molecule has 0 aromatic heterocycles. The average molecular weight is 328 g/mol. The summed E-state index contributed by atoms with van der Waals surface area (Å²) in [6.45, 7) is 4.37.